The highest BCUT2D eigenvalue weighted by Gasteiger charge is 2.26. The third kappa shape index (κ3) is 3.25. The molecule has 1 aromatic heterocycles. The Bertz CT molecular complexity index is 345. The SMILES string of the molecule is CCCNC(c1ccnc(C)n1)C1CCCC1. The molecular formula is C14H23N3. The largest absolute Gasteiger partial charge is 0.308 e. The monoisotopic (exact) mass is 233 g/mol. The van der Waals surface area contributed by atoms with E-state index in [2.05, 4.69) is 28.3 Å². The van der Waals surface area contributed by atoms with Gasteiger partial charge in [-0.25, -0.2) is 9.97 Å². The average Bonchev–Trinajstić information content (AvgIpc) is 2.83. The van der Waals surface area contributed by atoms with Crippen LogP contribution in [0.15, 0.2) is 12.3 Å². The van der Waals surface area contributed by atoms with Crippen molar-refractivity contribution in [3.8, 4) is 0 Å². The maximum absolute atomic E-state index is 4.60. The van der Waals surface area contributed by atoms with Gasteiger partial charge in [0.2, 0.25) is 0 Å². The van der Waals surface area contributed by atoms with E-state index in [9.17, 15) is 0 Å². The number of nitrogens with zero attached hydrogens (tertiary/aromatic N) is 2. The maximum Gasteiger partial charge on any atom is 0.125 e. The van der Waals surface area contributed by atoms with E-state index in [1.165, 1.54) is 37.8 Å². The fourth-order valence-electron chi connectivity index (χ4n) is 2.75. The number of hydrogen-bond donors (Lipinski definition) is 1. The van der Waals surface area contributed by atoms with Crippen molar-refractivity contribution < 1.29 is 0 Å². The van der Waals surface area contributed by atoms with Crippen LogP contribution in [0.25, 0.3) is 0 Å². The van der Waals surface area contributed by atoms with Gasteiger partial charge in [-0.2, -0.15) is 0 Å². The fourth-order valence-corrected chi connectivity index (χ4v) is 2.75. The molecule has 3 heteroatoms. The average molecular weight is 233 g/mol. The highest BCUT2D eigenvalue weighted by molar-refractivity contribution is 5.09. The fraction of sp³-hybridized carbons (Fsp3) is 0.714. The normalized spacial score (nSPS) is 18.5. The maximum atomic E-state index is 4.60. The minimum absolute atomic E-state index is 0.430. The molecule has 94 valence electrons. The minimum atomic E-state index is 0.430. The van der Waals surface area contributed by atoms with E-state index < -0.39 is 0 Å². The molecule has 0 spiro atoms. The van der Waals surface area contributed by atoms with Gasteiger partial charge in [-0.3, -0.25) is 0 Å². The van der Waals surface area contributed by atoms with Crippen LogP contribution in [0.1, 0.15) is 56.6 Å². The van der Waals surface area contributed by atoms with Gasteiger partial charge in [-0.15, -0.1) is 0 Å². The predicted octanol–water partition coefficient (Wildman–Crippen LogP) is 3.02. The summed E-state index contributed by atoms with van der Waals surface area (Å²) in [6.07, 6.45) is 8.48. The third-order valence-electron chi connectivity index (χ3n) is 3.60. The van der Waals surface area contributed by atoms with Crippen LogP contribution in [-0.4, -0.2) is 16.5 Å². The summed E-state index contributed by atoms with van der Waals surface area (Å²) in [5.74, 6) is 1.64. The lowest BCUT2D eigenvalue weighted by molar-refractivity contribution is 0.360. The molecule has 1 aliphatic carbocycles. The molecule has 1 aromatic rings. The van der Waals surface area contributed by atoms with E-state index in [0.29, 0.717) is 6.04 Å². The van der Waals surface area contributed by atoms with Gasteiger partial charge in [0.1, 0.15) is 5.82 Å². The van der Waals surface area contributed by atoms with Gasteiger partial charge in [0, 0.05) is 6.20 Å². The standard InChI is InChI=1S/C14H23N3/c1-3-9-16-14(12-6-4-5-7-12)13-8-10-15-11(2)17-13/h8,10,12,14,16H,3-7,9H2,1-2H3. The molecular weight excluding hydrogens is 210 g/mol. The van der Waals surface area contributed by atoms with Crippen molar-refractivity contribution in [3.05, 3.63) is 23.8 Å². The van der Waals surface area contributed by atoms with Crippen molar-refractivity contribution in [1.82, 2.24) is 15.3 Å². The van der Waals surface area contributed by atoms with Crippen molar-refractivity contribution in [3.63, 3.8) is 0 Å². The lowest BCUT2D eigenvalue weighted by atomic mass is 9.95. The van der Waals surface area contributed by atoms with Crippen LogP contribution < -0.4 is 5.32 Å². The van der Waals surface area contributed by atoms with E-state index in [1.807, 2.05) is 13.1 Å². The van der Waals surface area contributed by atoms with Crippen LogP contribution in [0.2, 0.25) is 0 Å². The first kappa shape index (κ1) is 12.5. The second-order valence-electron chi connectivity index (χ2n) is 5.01. The van der Waals surface area contributed by atoms with Crippen LogP contribution in [0, 0.1) is 12.8 Å². The van der Waals surface area contributed by atoms with Gasteiger partial charge in [0.25, 0.3) is 0 Å². The summed E-state index contributed by atoms with van der Waals surface area (Å²) in [6.45, 7) is 5.25. The molecule has 0 saturated heterocycles. The molecule has 2 rings (SSSR count). The molecule has 1 saturated carbocycles. The first-order valence-electron chi connectivity index (χ1n) is 6.84. The zero-order chi connectivity index (χ0) is 12.1. The Morgan fingerprint density at radius 2 is 2.18 bits per heavy atom. The Kier molecular flexibility index (Phi) is 4.49. The van der Waals surface area contributed by atoms with Crippen molar-refractivity contribution in [2.24, 2.45) is 5.92 Å². The summed E-state index contributed by atoms with van der Waals surface area (Å²) in [7, 11) is 0. The molecule has 1 unspecified atom stereocenters. The summed E-state index contributed by atoms with van der Waals surface area (Å²) < 4.78 is 0. The number of aryl methyl sites for hydroxylation is 1. The van der Waals surface area contributed by atoms with E-state index in [0.717, 1.165) is 18.3 Å². The number of hydrogen-bond acceptors (Lipinski definition) is 3. The summed E-state index contributed by atoms with van der Waals surface area (Å²) >= 11 is 0. The molecule has 3 nitrogen and oxygen atoms in total. The number of aromatic nitrogens is 2. The molecule has 0 amide bonds. The zero-order valence-corrected chi connectivity index (χ0v) is 10.9. The number of nitrogens with one attached hydrogen (secondary N) is 1. The highest BCUT2D eigenvalue weighted by Crippen LogP contribution is 2.34. The summed E-state index contributed by atoms with van der Waals surface area (Å²) in [6, 6.07) is 2.50. The van der Waals surface area contributed by atoms with Crippen molar-refractivity contribution >= 4 is 0 Å². The van der Waals surface area contributed by atoms with E-state index in [4.69, 9.17) is 0 Å². The Morgan fingerprint density at radius 3 is 2.82 bits per heavy atom. The van der Waals surface area contributed by atoms with Gasteiger partial charge in [0.05, 0.1) is 11.7 Å². The van der Waals surface area contributed by atoms with Crippen LogP contribution >= 0.6 is 0 Å². The molecule has 0 aromatic carbocycles. The topological polar surface area (TPSA) is 37.8 Å². The third-order valence-corrected chi connectivity index (χ3v) is 3.60. The lowest BCUT2D eigenvalue weighted by Gasteiger charge is -2.24. The van der Waals surface area contributed by atoms with E-state index in [1.54, 1.807) is 0 Å². The molecule has 0 aliphatic heterocycles. The summed E-state index contributed by atoms with van der Waals surface area (Å²) in [5.41, 5.74) is 1.18. The Balaban J connectivity index is 2.13. The van der Waals surface area contributed by atoms with Gasteiger partial charge < -0.3 is 5.32 Å². The van der Waals surface area contributed by atoms with Crippen LogP contribution in [-0.2, 0) is 0 Å². The predicted molar refractivity (Wildman–Crippen MR) is 69.8 cm³/mol. The molecule has 1 atom stereocenters. The smallest absolute Gasteiger partial charge is 0.125 e. The van der Waals surface area contributed by atoms with Crippen LogP contribution in [0.3, 0.4) is 0 Å². The summed E-state index contributed by atoms with van der Waals surface area (Å²) in [4.78, 5) is 8.79. The molecule has 1 fully saturated rings. The molecule has 0 bridgehead atoms. The van der Waals surface area contributed by atoms with Crippen molar-refractivity contribution in [2.75, 3.05) is 6.54 Å². The Labute approximate surface area is 104 Å². The Hall–Kier alpha value is -0.960. The highest BCUT2D eigenvalue weighted by atomic mass is 15.0. The lowest BCUT2D eigenvalue weighted by Crippen LogP contribution is -2.28. The van der Waals surface area contributed by atoms with Crippen molar-refractivity contribution in [1.29, 1.82) is 0 Å². The van der Waals surface area contributed by atoms with Crippen LogP contribution in [0.5, 0.6) is 0 Å². The van der Waals surface area contributed by atoms with Gasteiger partial charge >= 0.3 is 0 Å². The van der Waals surface area contributed by atoms with E-state index >= 15 is 0 Å². The van der Waals surface area contributed by atoms with Gasteiger partial charge in [-0.05, 0) is 44.7 Å². The molecule has 17 heavy (non-hydrogen) atoms. The zero-order valence-electron chi connectivity index (χ0n) is 10.9. The molecule has 1 aliphatic rings. The van der Waals surface area contributed by atoms with Gasteiger partial charge in [-0.1, -0.05) is 19.8 Å². The summed E-state index contributed by atoms with van der Waals surface area (Å²) in [5, 5.41) is 3.66. The first-order chi connectivity index (χ1) is 8.31. The van der Waals surface area contributed by atoms with Crippen molar-refractivity contribution in [2.45, 2.75) is 52.0 Å². The van der Waals surface area contributed by atoms with Crippen LogP contribution in [0.4, 0.5) is 0 Å². The van der Waals surface area contributed by atoms with E-state index in [-0.39, 0.29) is 0 Å². The molecule has 0 radical (unpaired) electrons. The second-order valence-corrected chi connectivity index (χ2v) is 5.01. The first-order valence-corrected chi connectivity index (χ1v) is 6.84. The Morgan fingerprint density at radius 1 is 1.41 bits per heavy atom. The molecule has 1 N–H and O–H groups in total. The second kappa shape index (κ2) is 6.10. The number of rotatable bonds is 5. The quantitative estimate of drug-likeness (QED) is 0.849. The minimum Gasteiger partial charge on any atom is -0.308 e. The molecule has 1 heterocycles. The van der Waals surface area contributed by atoms with Gasteiger partial charge in [0.15, 0.2) is 0 Å².